The van der Waals surface area contributed by atoms with Gasteiger partial charge < -0.3 is 15.1 Å². The lowest BCUT2D eigenvalue weighted by Crippen LogP contribution is -2.50. The SMILES string of the molecule is CC(=O)NC[C@H]1CC[C@@H](CC(=O)N2CCN(c3nsc4ccccc34)CC2)N1C. The van der Waals surface area contributed by atoms with Crippen LogP contribution in [-0.4, -0.2) is 77.8 Å². The van der Waals surface area contributed by atoms with E-state index in [4.69, 9.17) is 0 Å². The Morgan fingerprint density at radius 1 is 1.14 bits per heavy atom. The van der Waals surface area contributed by atoms with Crippen molar-refractivity contribution in [3.8, 4) is 0 Å². The van der Waals surface area contributed by atoms with Crippen LogP contribution in [0.4, 0.5) is 5.82 Å². The zero-order valence-corrected chi connectivity index (χ0v) is 18.0. The van der Waals surface area contributed by atoms with E-state index in [0.717, 1.165) is 44.8 Å². The molecule has 1 N–H and O–H groups in total. The lowest BCUT2D eigenvalue weighted by molar-refractivity contribution is -0.132. The van der Waals surface area contributed by atoms with Gasteiger partial charge in [-0.3, -0.25) is 14.5 Å². The van der Waals surface area contributed by atoms with Crippen LogP contribution in [0.3, 0.4) is 0 Å². The Hall–Kier alpha value is -2.19. The maximum absolute atomic E-state index is 12.9. The normalized spacial score (nSPS) is 23.0. The summed E-state index contributed by atoms with van der Waals surface area (Å²) in [6.07, 6.45) is 2.60. The van der Waals surface area contributed by atoms with Crippen LogP contribution in [-0.2, 0) is 9.59 Å². The van der Waals surface area contributed by atoms with Crippen LogP contribution in [0.5, 0.6) is 0 Å². The van der Waals surface area contributed by atoms with E-state index in [0.29, 0.717) is 19.0 Å². The van der Waals surface area contributed by atoms with E-state index in [-0.39, 0.29) is 17.9 Å². The van der Waals surface area contributed by atoms with Gasteiger partial charge in [-0.05, 0) is 43.6 Å². The zero-order chi connectivity index (χ0) is 20.4. The molecule has 0 spiro atoms. The summed E-state index contributed by atoms with van der Waals surface area (Å²) in [6.45, 7) is 5.35. The van der Waals surface area contributed by atoms with Gasteiger partial charge in [-0.2, -0.15) is 4.37 Å². The molecule has 156 valence electrons. The number of piperazine rings is 1. The van der Waals surface area contributed by atoms with Crippen molar-refractivity contribution in [2.75, 3.05) is 44.7 Å². The Kier molecular flexibility index (Phi) is 6.01. The molecule has 2 aliphatic heterocycles. The molecule has 2 amide bonds. The number of rotatable bonds is 5. The number of hydrogen-bond acceptors (Lipinski definition) is 6. The first-order valence-corrected chi connectivity index (χ1v) is 11.1. The smallest absolute Gasteiger partial charge is 0.224 e. The van der Waals surface area contributed by atoms with Gasteiger partial charge in [0.05, 0.1) is 4.70 Å². The molecule has 0 unspecified atom stereocenters. The van der Waals surface area contributed by atoms with Crippen molar-refractivity contribution in [1.82, 2.24) is 19.5 Å². The zero-order valence-electron chi connectivity index (χ0n) is 17.1. The second-order valence-corrected chi connectivity index (χ2v) is 8.87. The molecular weight excluding hydrogens is 386 g/mol. The summed E-state index contributed by atoms with van der Waals surface area (Å²) in [5.41, 5.74) is 0. The Labute approximate surface area is 175 Å². The van der Waals surface area contributed by atoms with Crippen LogP contribution in [0, 0.1) is 0 Å². The minimum absolute atomic E-state index is 0.00341. The molecule has 2 aromatic rings. The van der Waals surface area contributed by atoms with Gasteiger partial charge in [0.1, 0.15) is 5.82 Å². The summed E-state index contributed by atoms with van der Waals surface area (Å²) >= 11 is 1.54. The molecule has 3 heterocycles. The summed E-state index contributed by atoms with van der Waals surface area (Å²) in [5.74, 6) is 1.29. The highest BCUT2D eigenvalue weighted by molar-refractivity contribution is 7.13. The summed E-state index contributed by atoms with van der Waals surface area (Å²) in [5, 5.41) is 4.10. The van der Waals surface area contributed by atoms with Crippen molar-refractivity contribution in [1.29, 1.82) is 0 Å². The average Bonchev–Trinajstić information content (AvgIpc) is 3.30. The molecule has 8 heteroatoms. The molecule has 0 aliphatic carbocycles. The lowest BCUT2D eigenvalue weighted by Gasteiger charge is -2.36. The molecule has 0 radical (unpaired) electrons. The molecule has 2 fully saturated rings. The predicted octanol–water partition coefficient (Wildman–Crippen LogP) is 1.93. The first-order valence-electron chi connectivity index (χ1n) is 10.4. The summed E-state index contributed by atoms with van der Waals surface area (Å²) in [6, 6.07) is 8.92. The standard InChI is InChI=1S/C21H29N5O2S/c1-15(27)22-14-17-8-7-16(24(17)2)13-20(28)25-9-11-26(12-10-25)21-18-5-3-4-6-19(18)29-23-21/h3-6,16-17H,7-14H2,1-2H3,(H,22,27)/t16-,17+/m0/s1. The topological polar surface area (TPSA) is 68.8 Å². The lowest BCUT2D eigenvalue weighted by atomic mass is 10.1. The van der Waals surface area contributed by atoms with Gasteiger partial charge in [-0.1, -0.05) is 12.1 Å². The average molecular weight is 416 g/mol. The molecule has 2 saturated heterocycles. The second kappa shape index (κ2) is 8.67. The fraction of sp³-hybridized carbons (Fsp3) is 0.571. The number of hydrogen-bond donors (Lipinski definition) is 1. The van der Waals surface area contributed by atoms with Gasteiger partial charge in [0.15, 0.2) is 0 Å². The van der Waals surface area contributed by atoms with Crippen molar-refractivity contribution in [3.05, 3.63) is 24.3 Å². The van der Waals surface area contributed by atoms with Gasteiger partial charge in [-0.25, -0.2) is 0 Å². The number of amides is 2. The number of benzene rings is 1. The first-order chi connectivity index (χ1) is 14.0. The highest BCUT2D eigenvalue weighted by Crippen LogP contribution is 2.30. The van der Waals surface area contributed by atoms with Crippen molar-refractivity contribution in [3.63, 3.8) is 0 Å². The highest BCUT2D eigenvalue weighted by atomic mass is 32.1. The van der Waals surface area contributed by atoms with Crippen LogP contribution in [0.1, 0.15) is 26.2 Å². The molecule has 0 saturated carbocycles. The predicted molar refractivity (Wildman–Crippen MR) is 116 cm³/mol. The van der Waals surface area contributed by atoms with Crippen molar-refractivity contribution in [2.45, 2.75) is 38.3 Å². The molecule has 4 rings (SSSR count). The minimum atomic E-state index is 0.00341. The maximum atomic E-state index is 12.9. The Morgan fingerprint density at radius 2 is 1.86 bits per heavy atom. The number of likely N-dealkylation sites (N-methyl/N-ethyl adjacent to an activating group) is 1. The Balaban J connectivity index is 1.29. The number of nitrogens with zero attached hydrogens (tertiary/aromatic N) is 4. The number of carbonyl (C=O) groups is 2. The fourth-order valence-corrected chi connectivity index (χ4v) is 5.24. The number of fused-ring (bicyclic) bond motifs is 1. The molecule has 2 aliphatic rings. The van der Waals surface area contributed by atoms with Crippen LogP contribution >= 0.6 is 11.5 Å². The third kappa shape index (κ3) is 4.38. The monoisotopic (exact) mass is 415 g/mol. The van der Waals surface area contributed by atoms with Crippen molar-refractivity contribution in [2.24, 2.45) is 0 Å². The summed E-state index contributed by atoms with van der Waals surface area (Å²) in [7, 11) is 2.07. The van der Waals surface area contributed by atoms with Crippen LogP contribution in [0.25, 0.3) is 10.1 Å². The van der Waals surface area contributed by atoms with E-state index in [1.165, 1.54) is 21.6 Å². The Morgan fingerprint density at radius 3 is 2.62 bits per heavy atom. The summed E-state index contributed by atoms with van der Waals surface area (Å²) in [4.78, 5) is 30.6. The largest absolute Gasteiger partial charge is 0.355 e. The molecule has 2 atom stereocenters. The molecule has 0 bridgehead atoms. The van der Waals surface area contributed by atoms with Gasteiger partial charge in [0.25, 0.3) is 0 Å². The number of likely N-dealkylation sites (tertiary alicyclic amines) is 1. The van der Waals surface area contributed by atoms with Gasteiger partial charge in [0, 0.05) is 63.5 Å². The molecule has 29 heavy (non-hydrogen) atoms. The third-order valence-corrected chi connectivity index (χ3v) is 7.09. The van der Waals surface area contributed by atoms with Crippen LogP contribution < -0.4 is 10.2 Å². The van der Waals surface area contributed by atoms with E-state index >= 15 is 0 Å². The van der Waals surface area contributed by atoms with Gasteiger partial charge in [0.2, 0.25) is 11.8 Å². The van der Waals surface area contributed by atoms with Crippen LogP contribution in [0.2, 0.25) is 0 Å². The summed E-state index contributed by atoms with van der Waals surface area (Å²) < 4.78 is 5.86. The minimum Gasteiger partial charge on any atom is -0.355 e. The number of nitrogens with one attached hydrogen (secondary N) is 1. The quantitative estimate of drug-likeness (QED) is 0.808. The second-order valence-electron chi connectivity index (χ2n) is 8.06. The first kappa shape index (κ1) is 20.1. The van der Waals surface area contributed by atoms with Crippen molar-refractivity contribution >= 4 is 39.3 Å². The van der Waals surface area contributed by atoms with E-state index in [1.807, 2.05) is 11.0 Å². The van der Waals surface area contributed by atoms with Gasteiger partial charge >= 0.3 is 0 Å². The number of carbonyl (C=O) groups excluding carboxylic acids is 2. The molecular formula is C21H29N5O2S. The van der Waals surface area contributed by atoms with E-state index in [9.17, 15) is 9.59 Å². The van der Waals surface area contributed by atoms with E-state index < -0.39 is 0 Å². The number of aromatic nitrogens is 1. The van der Waals surface area contributed by atoms with Crippen LogP contribution in [0.15, 0.2) is 24.3 Å². The number of anilines is 1. The Bertz CT molecular complexity index is 877. The maximum Gasteiger partial charge on any atom is 0.224 e. The molecule has 1 aromatic carbocycles. The van der Waals surface area contributed by atoms with Crippen molar-refractivity contribution < 1.29 is 9.59 Å². The van der Waals surface area contributed by atoms with E-state index in [1.54, 1.807) is 6.92 Å². The highest BCUT2D eigenvalue weighted by Gasteiger charge is 2.33. The van der Waals surface area contributed by atoms with Gasteiger partial charge in [-0.15, -0.1) is 0 Å². The molecule has 1 aromatic heterocycles. The van der Waals surface area contributed by atoms with E-state index in [2.05, 4.69) is 44.7 Å². The third-order valence-electron chi connectivity index (χ3n) is 6.27. The molecule has 7 nitrogen and oxygen atoms in total. The fourth-order valence-electron chi connectivity index (χ4n) is 4.44.